The molecular formula is C15H20N2O. The molecule has 1 aromatic rings. The summed E-state index contributed by atoms with van der Waals surface area (Å²) in [6, 6.07) is 8.30. The fourth-order valence-corrected chi connectivity index (χ4v) is 2.11. The molecule has 0 fully saturated rings. The molecule has 1 aromatic carbocycles. The molecule has 0 aliphatic carbocycles. The molecule has 1 heterocycles. The summed E-state index contributed by atoms with van der Waals surface area (Å²) in [5.41, 5.74) is 3.02. The lowest BCUT2D eigenvalue weighted by atomic mass is 9.96. The van der Waals surface area contributed by atoms with E-state index in [0.717, 1.165) is 24.1 Å². The molecule has 0 spiro atoms. The highest BCUT2D eigenvalue weighted by Crippen LogP contribution is 2.25. The van der Waals surface area contributed by atoms with E-state index in [9.17, 15) is 4.79 Å². The lowest BCUT2D eigenvalue weighted by molar-refractivity contribution is -0.116. The summed E-state index contributed by atoms with van der Waals surface area (Å²) in [4.78, 5) is 14.3. The van der Waals surface area contributed by atoms with Crippen molar-refractivity contribution in [3.05, 3.63) is 41.6 Å². The van der Waals surface area contributed by atoms with Gasteiger partial charge in [-0.1, -0.05) is 31.2 Å². The molecule has 3 nitrogen and oxygen atoms in total. The van der Waals surface area contributed by atoms with Crippen LogP contribution < -0.4 is 5.32 Å². The summed E-state index contributed by atoms with van der Waals surface area (Å²) >= 11 is 0. The van der Waals surface area contributed by atoms with Gasteiger partial charge in [0, 0.05) is 25.8 Å². The molecule has 96 valence electrons. The lowest BCUT2D eigenvalue weighted by Crippen LogP contribution is -2.34. The fourth-order valence-electron chi connectivity index (χ4n) is 2.11. The maximum absolute atomic E-state index is 12.3. The van der Waals surface area contributed by atoms with Gasteiger partial charge in [0.1, 0.15) is 0 Å². The van der Waals surface area contributed by atoms with E-state index < -0.39 is 0 Å². The Morgan fingerprint density at radius 3 is 2.89 bits per heavy atom. The van der Waals surface area contributed by atoms with E-state index in [2.05, 4.69) is 18.3 Å². The summed E-state index contributed by atoms with van der Waals surface area (Å²) in [5, 5.41) is 3.03. The van der Waals surface area contributed by atoms with E-state index in [0.29, 0.717) is 0 Å². The smallest absolute Gasteiger partial charge is 0.253 e. The molecule has 1 aliphatic rings. The van der Waals surface area contributed by atoms with Crippen LogP contribution in [0.25, 0.3) is 5.57 Å². The molecule has 0 aromatic heterocycles. The fraction of sp³-hybridized carbons (Fsp3) is 0.400. The maximum Gasteiger partial charge on any atom is 0.253 e. The molecule has 0 saturated heterocycles. The zero-order chi connectivity index (χ0) is 13.1. The average molecular weight is 244 g/mol. The van der Waals surface area contributed by atoms with Gasteiger partial charge in [-0.25, -0.2) is 0 Å². The minimum Gasteiger partial charge on any atom is -0.375 e. The Morgan fingerprint density at radius 2 is 2.17 bits per heavy atom. The Balaban J connectivity index is 2.28. The van der Waals surface area contributed by atoms with E-state index in [1.165, 1.54) is 5.56 Å². The minimum atomic E-state index is 0.0170. The third kappa shape index (κ3) is 2.55. The van der Waals surface area contributed by atoms with Crippen LogP contribution in [-0.2, 0) is 11.3 Å². The van der Waals surface area contributed by atoms with Crippen molar-refractivity contribution in [2.24, 2.45) is 0 Å². The predicted octanol–water partition coefficient (Wildman–Crippen LogP) is 2.39. The molecule has 1 amide bonds. The van der Waals surface area contributed by atoms with Crippen molar-refractivity contribution in [1.29, 1.82) is 0 Å². The number of nitrogens with zero attached hydrogens (tertiary/aromatic N) is 1. The van der Waals surface area contributed by atoms with Crippen molar-refractivity contribution < 1.29 is 4.79 Å². The molecule has 3 heteroatoms. The molecule has 0 radical (unpaired) electrons. The van der Waals surface area contributed by atoms with E-state index in [1.54, 1.807) is 0 Å². The Morgan fingerprint density at radius 1 is 1.44 bits per heavy atom. The molecule has 0 bridgehead atoms. The standard InChI is InChI=1S/C15H20N2O/c1-4-11(2)16-15(18)14-10-17(3)9-12-7-5-6-8-13(12)14/h5-8,10-11H,4,9H2,1-3H3,(H,16,18). The Hall–Kier alpha value is -1.77. The number of amides is 1. The van der Waals surface area contributed by atoms with Crippen molar-refractivity contribution in [1.82, 2.24) is 10.2 Å². The van der Waals surface area contributed by atoms with Gasteiger partial charge in [-0.3, -0.25) is 4.79 Å². The summed E-state index contributed by atoms with van der Waals surface area (Å²) in [7, 11) is 1.99. The second-order valence-corrected chi connectivity index (χ2v) is 4.90. The van der Waals surface area contributed by atoms with Crippen LogP contribution in [0.5, 0.6) is 0 Å². The first-order valence-corrected chi connectivity index (χ1v) is 6.43. The zero-order valence-corrected chi connectivity index (χ0v) is 11.2. The molecular weight excluding hydrogens is 224 g/mol. The number of benzene rings is 1. The van der Waals surface area contributed by atoms with Gasteiger partial charge in [-0.15, -0.1) is 0 Å². The van der Waals surface area contributed by atoms with Crippen molar-refractivity contribution in [2.75, 3.05) is 7.05 Å². The molecule has 18 heavy (non-hydrogen) atoms. The van der Waals surface area contributed by atoms with Crippen LogP contribution in [0.3, 0.4) is 0 Å². The van der Waals surface area contributed by atoms with Gasteiger partial charge in [-0.2, -0.15) is 0 Å². The lowest BCUT2D eigenvalue weighted by Gasteiger charge is -2.25. The van der Waals surface area contributed by atoms with Crippen LogP contribution in [0, 0.1) is 0 Å². The second-order valence-electron chi connectivity index (χ2n) is 4.90. The van der Waals surface area contributed by atoms with Gasteiger partial charge >= 0.3 is 0 Å². The number of nitrogens with one attached hydrogen (secondary N) is 1. The number of carbonyl (C=O) groups excluding carboxylic acids is 1. The molecule has 1 unspecified atom stereocenters. The summed E-state index contributed by atoms with van der Waals surface area (Å²) in [5.74, 6) is 0.0170. The normalized spacial score (nSPS) is 15.7. The largest absolute Gasteiger partial charge is 0.375 e. The quantitative estimate of drug-likeness (QED) is 0.885. The van der Waals surface area contributed by atoms with E-state index >= 15 is 0 Å². The number of fused-ring (bicyclic) bond motifs is 1. The topological polar surface area (TPSA) is 32.3 Å². The second kappa shape index (κ2) is 5.25. The average Bonchev–Trinajstić information content (AvgIpc) is 2.37. The number of hydrogen-bond donors (Lipinski definition) is 1. The van der Waals surface area contributed by atoms with Crippen LogP contribution in [-0.4, -0.2) is 23.9 Å². The Kier molecular flexibility index (Phi) is 3.70. The summed E-state index contributed by atoms with van der Waals surface area (Å²) < 4.78 is 0. The molecule has 1 aliphatic heterocycles. The van der Waals surface area contributed by atoms with E-state index in [4.69, 9.17) is 0 Å². The molecule has 1 atom stereocenters. The third-order valence-corrected chi connectivity index (χ3v) is 3.31. The first-order chi connectivity index (χ1) is 8.61. The molecule has 0 saturated carbocycles. The van der Waals surface area contributed by atoms with Gasteiger partial charge < -0.3 is 10.2 Å². The highest BCUT2D eigenvalue weighted by atomic mass is 16.1. The van der Waals surface area contributed by atoms with Crippen LogP contribution >= 0.6 is 0 Å². The highest BCUT2D eigenvalue weighted by Gasteiger charge is 2.21. The van der Waals surface area contributed by atoms with Crippen molar-refractivity contribution >= 4 is 11.5 Å². The van der Waals surface area contributed by atoms with Crippen molar-refractivity contribution in [3.8, 4) is 0 Å². The van der Waals surface area contributed by atoms with E-state index in [-0.39, 0.29) is 11.9 Å². The van der Waals surface area contributed by atoms with Gasteiger partial charge in [0.15, 0.2) is 0 Å². The van der Waals surface area contributed by atoms with Crippen LogP contribution in [0.1, 0.15) is 31.4 Å². The Labute approximate surface area is 108 Å². The number of rotatable bonds is 3. The van der Waals surface area contributed by atoms with Crippen LogP contribution in [0.4, 0.5) is 0 Å². The van der Waals surface area contributed by atoms with Gasteiger partial charge in [0.2, 0.25) is 0 Å². The van der Waals surface area contributed by atoms with E-state index in [1.807, 2.05) is 43.3 Å². The predicted molar refractivity (Wildman–Crippen MR) is 73.8 cm³/mol. The van der Waals surface area contributed by atoms with Gasteiger partial charge in [0.25, 0.3) is 5.91 Å². The van der Waals surface area contributed by atoms with Crippen LogP contribution in [0.2, 0.25) is 0 Å². The third-order valence-electron chi connectivity index (χ3n) is 3.31. The van der Waals surface area contributed by atoms with Gasteiger partial charge in [0.05, 0.1) is 5.57 Å². The minimum absolute atomic E-state index is 0.0170. The summed E-state index contributed by atoms with van der Waals surface area (Å²) in [6.45, 7) is 4.95. The monoisotopic (exact) mass is 244 g/mol. The van der Waals surface area contributed by atoms with Gasteiger partial charge in [-0.05, 0) is 24.5 Å². The SMILES string of the molecule is CCC(C)NC(=O)C1=CN(C)Cc2ccccc21. The van der Waals surface area contributed by atoms with Crippen molar-refractivity contribution in [3.63, 3.8) is 0 Å². The number of hydrogen-bond acceptors (Lipinski definition) is 2. The first kappa shape index (κ1) is 12.7. The van der Waals surface area contributed by atoms with Crippen molar-refractivity contribution in [2.45, 2.75) is 32.9 Å². The molecule has 2 rings (SSSR count). The summed E-state index contributed by atoms with van der Waals surface area (Å²) in [6.07, 6.45) is 2.87. The maximum atomic E-state index is 12.3. The molecule has 1 N–H and O–H groups in total. The number of carbonyl (C=O) groups is 1. The highest BCUT2D eigenvalue weighted by molar-refractivity contribution is 6.20. The first-order valence-electron chi connectivity index (χ1n) is 6.43. The zero-order valence-electron chi connectivity index (χ0n) is 11.2. The van der Waals surface area contributed by atoms with Crippen LogP contribution in [0.15, 0.2) is 30.5 Å². The Bertz CT molecular complexity index is 479.